The topological polar surface area (TPSA) is 104 Å². The number of hydrogen-bond acceptors (Lipinski definition) is 5. The highest BCUT2D eigenvalue weighted by atomic mass is 32.2. The molecule has 0 aromatic heterocycles. The zero-order valence-corrected chi connectivity index (χ0v) is 15.2. The zero-order chi connectivity index (χ0) is 19.9. The van der Waals surface area contributed by atoms with E-state index in [0.717, 1.165) is 0 Å². The zero-order valence-electron chi connectivity index (χ0n) is 14.3. The van der Waals surface area contributed by atoms with Crippen LogP contribution in [-0.2, 0) is 9.84 Å². The van der Waals surface area contributed by atoms with Gasteiger partial charge in [-0.2, -0.15) is 5.26 Å². The van der Waals surface area contributed by atoms with Crippen LogP contribution in [0, 0.1) is 11.3 Å². The van der Waals surface area contributed by atoms with Crippen molar-refractivity contribution in [3.05, 3.63) is 89.0 Å². The van der Waals surface area contributed by atoms with Gasteiger partial charge in [-0.15, -0.1) is 0 Å². The maximum atomic E-state index is 12.9. The minimum Gasteiger partial charge on any atom is -0.322 e. The third kappa shape index (κ3) is 2.76. The predicted molar refractivity (Wildman–Crippen MR) is 101 cm³/mol. The van der Waals surface area contributed by atoms with Crippen molar-refractivity contribution in [3.8, 4) is 6.07 Å². The first-order valence-electron chi connectivity index (χ1n) is 8.26. The first-order chi connectivity index (χ1) is 13.4. The van der Waals surface area contributed by atoms with E-state index in [2.05, 4.69) is 5.32 Å². The largest absolute Gasteiger partial charge is 0.322 e. The van der Waals surface area contributed by atoms with E-state index >= 15 is 0 Å². The second kappa shape index (κ2) is 6.44. The summed E-state index contributed by atoms with van der Waals surface area (Å²) in [6.45, 7) is 0. The molecule has 1 aliphatic rings. The Morgan fingerprint density at radius 1 is 0.893 bits per heavy atom. The summed E-state index contributed by atoms with van der Waals surface area (Å²) in [5.41, 5.74) is 1.05. The lowest BCUT2D eigenvalue weighted by atomic mass is 10.0. The van der Waals surface area contributed by atoms with Crippen molar-refractivity contribution in [1.29, 1.82) is 5.26 Å². The number of nitrogens with zero attached hydrogens (tertiary/aromatic N) is 1. The van der Waals surface area contributed by atoms with E-state index in [0.29, 0.717) is 11.3 Å². The molecule has 3 aromatic rings. The average molecular weight is 388 g/mol. The quantitative estimate of drug-likeness (QED) is 0.568. The molecule has 1 amide bonds. The molecule has 28 heavy (non-hydrogen) atoms. The van der Waals surface area contributed by atoms with Crippen molar-refractivity contribution < 1.29 is 18.0 Å². The van der Waals surface area contributed by atoms with E-state index in [1.54, 1.807) is 30.3 Å². The average Bonchev–Trinajstić information content (AvgIpc) is 2.72. The van der Waals surface area contributed by atoms with Crippen molar-refractivity contribution in [2.24, 2.45) is 0 Å². The van der Waals surface area contributed by atoms with Gasteiger partial charge in [-0.25, -0.2) is 8.42 Å². The Balaban J connectivity index is 1.75. The fourth-order valence-corrected chi connectivity index (χ4v) is 4.77. The van der Waals surface area contributed by atoms with Gasteiger partial charge in [-0.1, -0.05) is 18.2 Å². The molecule has 0 atom stereocenters. The van der Waals surface area contributed by atoms with Crippen LogP contribution in [0.25, 0.3) is 0 Å². The maximum absolute atomic E-state index is 12.9. The molecule has 0 radical (unpaired) electrons. The SMILES string of the molecule is N#Cc1cccc(NC(=O)c2ccc3c(c2)S(=O)(=O)c2ccccc2C3=O)c1. The van der Waals surface area contributed by atoms with Crippen LogP contribution in [0.2, 0.25) is 0 Å². The van der Waals surface area contributed by atoms with Crippen LogP contribution in [0.3, 0.4) is 0 Å². The monoisotopic (exact) mass is 388 g/mol. The standard InChI is InChI=1S/C21H12N2O4S/c22-12-13-4-3-5-15(10-13)23-21(25)14-8-9-17-19(11-14)28(26,27)18-7-2-1-6-16(18)20(17)24/h1-11H,(H,23,25). The van der Waals surface area contributed by atoms with Crippen LogP contribution in [-0.4, -0.2) is 20.1 Å². The van der Waals surface area contributed by atoms with E-state index in [9.17, 15) is 18.0 Å². The lowest BCUT2D eigenvalue weighted by molar-refractivity contribution is 0.101. The van der Waals surface area contributed by atoms with Crippen LogP contribution in [0.5, 0.6) is 0 Å². The van der Waals surface area contributed by atoms with Crippen LogP contribution in [0.4, 0.5) is 5.69 Å². The normalized spacial score (nSPS) is 13.8. The number of sulfone groups is 1. The number of hydrogen-bond donors (Lipinski definition) is 1. The molecule has 0 spiro atoms. The molecule has 0 unspecified atom stereocenters. The van der Waals surface area contributed by atoms with E-state index in [1.165, 1.54) is 36.4 Å². The molecule has 0 fully saturated rings. The lowest BCUT2D eigenvalue weighted by Gasteiger charge is -2.19. The van der Waals surface area contributed by atoms with Gasteiger partial charge in [-0.3, -0.25) is 9.59 Å². The van der Waals surface area contributed by atoms with Gasteiger partial charge in [0.15, 0.2) is 5.78 Å². The van der Waals surface area contributed by atoms with Crippen LogP contribution < -0.4 is 5.32 Å². The number of benzene rings is 3. The smallest absolute Gasteiger partial charge is 0.255 e. The summed E-state index contributed by atoms with van der Waals surface area (Å²) in [4.78, 5) is 25.0. The summed E-state index contributed by atoms with van der Waals surface area (Å²) in [5.74, 6) is -0.937. The highest BCUT2D eigenvalue weighted by Crippen LogP contribution is 2.34. The molecular weight excluding hydrogens is 376 g/mol. The highest BCUT2D eigenvalue weighted by molar-refractivity contribution is 7.91. The first-order valence-corrected chi connectivity index (χ1v) is 9.74. The van der Waals surface area contributed by atoms with Crippen LogP contribution in [0.1, 0.15) is 31.8 Å². The number of fused-ring (bicyclic) bond motifs is 2. The molecule has 0 bridgehead atoms. The lowest BCUT2D eigenvalue weighted by Crippen LogP contribution is -2.21. The van der Waals surface area contributed by atoms with Gasteiger partial charge in [0.25, 0.3) is 5.91 Å². The second-order valence-corrected chi connectivity index (χ2v) is 8.07. The molecule has 0 aliphatic carbocycles. The number of carbonyl (C=O) groups excluding carboxylic acids is 2. The number of rotatable bonds is 2. The van der Waals surface area contributed by atoms with Gasteiger partial charge in [0.1, 0.15) is 0 Å². The number of amides is 1. The van der Waals surface area contributed by atoms with Crippen molar-refractivity contribution in [2.45, 2.75) is 9.79 Å². The number of nitriles is 1. The number of anilines is 1. The van der Waals surface area contributed by atoms with Gasteiger partial charge in [0.2, 0.25) is 9.84 Å². The molecular formula is C21H12N2O4S. The molecule has 4 rings (SSSR count). The summed E-state index contributed by atoms with van der Waals surface area (Å²) in [5, 5.41) is 11.6. The van der Waals surface area contributed by atoms with E-state index in [4.69, 9.17) is 5.26 Å². The van der Waals surface area contributed by atoms with Gasteiger partial charge >= 0.3 is 0 Å². The van der Waals surface area contributed by atoms with Crippen LogP contribution >= 0.6 is 0 Å². The third-order valence-electron chi connectivity index (χ3n) is 4.45. The Hall–Kier alpha value is -3.76. The molecule has 3 aromatic carbocycles. The molecule has 0 saturated heterocycles. The Morgan fingerprint density at radius 3 is 2.43 bits per heavy atom. The first kappa shape index (κ1) is 17.6. The fourth-order valence-electron chi connectivity index (χ4n) is 3.10. The summed E-state index contributed by atoms with van der Waals surface area (Å²) < 4.78 is 25.9. The van der Waals surface area contributed by atoms with Crippen molar-refractivity contribution in [2.75, 3.05) is 5.32 Å². The molecule has 0 saturated carbocycles. The minimum absolute atomic E-state index is 0.0433. The highest BCUT2D eigenvalue weighted by Gasteiger charge is 2.35. The summed E-state index contributed by atoms with van der Waals surface area (Å²) >= 11 is 0. The molecule has 136 valence electrons. The summed E-state index contributed by atoms with van der Waals surface area (Å²) in [6.07, 6.45) is 0. The Bertz CT molecular complexity index is 1300. The van der Waals surface area contributed by atoms with E-state index in [1.807, 2.05) is 6.07 Å². The molecule has 7 heteroatoms. The Labute approximate surface area is 161 Å². The Morgan fingerprint density at radius 2 is 1.64 bits per heavy atom. The van der Waals surface area contributed by atoms with E-state index < -0.39 is 21.5 Å². The Kier molecular flexibility index (Phi) is 4.06. The van der Waals surface area contributed by atoms with Crippen molar-refractivity contribution in [3.63, 3.8) is 0 Å². The summed E-state index contributed by atoms with van der Waals surface area (Å²) in [7, 11) is -3.92. The van der Waals surface area contributed by atoms with Crippen molar-refractivity contribution in [1.82, 2.24) is 0 Å². The number of carbonyl (C=O) groups is 2. The third-order valence-corrected chi connectivity index (χ3v) is 6.30. The maximum Gasteiger partial charge on any atom is 0.255 e. The van der Waals surface area contributed by atoms with Gasteiger partial charge < -0.3 is 5.32 Å². The van der Waals surface area contributed by atoms with Gasteiger partial charge in [-0.05, 0) is 48.5 Å². The fraction of sp³-hybridized carbons (Fsp3) is 0. The molecule has 6 nitrogen and oxygen atoms in total. The van der Waals surface area contributed by atoms with E-state index in [-0.39, 0.29) is 26.5 Å². The predicted octanol–water partition coefficient (Wildman–Crippen LogP) is 3.19. The number of ketones is 1. The molecule has 1 heterocycles. The second-order valence-electron chi connectivity index (χ2n) is 6.19. The number of nitrogens with one attached hydrogen (secondary N) is 1. The van der Waals surface area contributed by atoms with Crippen molar-refractivity contribution >= 4 is 27.2 Å². The molecule has 1 N–H and O–H groups in total. The summed E-state index contributed by atoms with van der Waals surface area (Å²) in [6, 6.07) is 18.3. The molecule has 1 aliphatic heterocycles. The minimum atomic E-state index is -3.92. The van der Waals surface area contributed by atoms with Gasteiger partial charge in [0, 0.05) is 22.4 Å². The van der Waals surface area contributed by atoms with Crippen LogP contribution in [0.15, 0.2) is 76.5 Å². The van der Waals surface area contributed by atoms with Gasteiger partial charge in [0.05, 0.1) is 21.4 Å².